The maximum Gasteiger partial charge on any atom is 0.157 e. The summed E-state index contributed by atoms with van der Waals surface area (Å²) in [6.07, 6.45) is 4.37. The molecule has 1 fully saturated rings. The van der Waals surface area contributed by atoms with Gasteiger partial charge in [-0.05, 0) is 37.8 Å². The molecule has 0 spiro atoms. The summed E-state index contributed by atoms with van der Waals surface area (Å²) in [5.74, 6) is 1.68. The Hall–Kier alpha value is -2.40. The van der Waals surface area contributed by atoms with Crippen molar-refractivity contribution in [3.05, 3.63) is 59.9 Å². The molecule has 130 valence electrons. The molecule has 1 aromatic carbocycles. The van der Waals surface area contributed by atoms with E-state index in [4.69, 9.17) is 0 Å². The number of fused-ring (bicyclic) bond motifs is 1. The Labute approximate surface area is 148 Å². The molecule has 0 radical (unpaired) electrons. The maximum atomic E-state index is 4.49. The lowest BCUT2D eigenvalue weighted by atomic mass is 9.91. The minimum absolute atomic E-state index is 0.663. The standard InChI is InChI=1S/C20H25N5/c1-16-14-20(25-19(23-16)9-10-22-25)21-11-13-24-12-5-8-18(15-24)17-6-3-2-4-7-17/h2-4,6-7,9-10,14,18,21H,5,8,11-13,15H2,1H3/t18-/m0/s1. The summed E-state index contributed by atoms with van der Waals surface area (Å²) in [5, 5.41) is 7.89. The highest BCUT2D eigenvalue weighted by Crippen LogP contribution is 2.26. The normalized spacial score (nSPS) is 18.5. The molecule has 5 nitrogen and oxygen atoms in total. The number of piperidine rings is 1. The highest BCUT2D eigenvalue weighted by atomic mass is 15.3. The number of hydrogen-bond acceptors (Lipinski definition) is 4. The monoisotopic (exact) mass is 335 g/mol. The second-order valence-electron chi connectivity index (χ2n) is 6.86. The van der Waals surface area contributed by atoms with E-state index in [-0.39, 0.29) is 0 Å². The summed E-state index contributed by atoms with van der Waals surface area (Å²) < 4.78 is 1.87. The van der Waals surface area contributed by atoms with Crippen molar-refractivity contribution in [1.29, 1.82) is 0 Å². The van der Waals surface area contributed by atoms with Crippen molar-refractivity contribution >= 4 is 11.5 Å². The van der Waals surface area contributed by atoms with E-state index in [1.165, 1.54) is 24.9 Å². The van der Waals surface area contributed by atoms with Gasteiger partial charge >= 0.3 is 0 Å². The minimum atomic E-state index is 0.663. The predicted octanol–water partition coefficient (Wildman–Crippen LogP) is 3.33. The first-order chi connectivity index (χ1) is 12.3. The minimum Gasteiger partial charge on any atom is -0.369 e. The van der Waals surface area contributed by atoms with E-state index in [1.54, 1.807) is 6.20 Å². The van der Waals surface area contributed by atoms with Crippen LogP contribution < -0.4 is 5.32 Å². The van der Waals surface area contributed by atoms with Crippen LogP contribution in [0.25, 0.3) is 5.65 Å². The first kappa shape index (κ1) is 16.1. The van der Waals surface area contributed by atoms with Gasteiger partial charge in [0.2, 0.25) is 0 Å². The maximum absolute atomic E-state index is 4.49. The van der Waals surface area contributed by atoms with Crippen LogP contribution in [0.4, 0.5) is 5.82 Å². The first-order valence-corrected chi connectivity index (χ1v) is 9.12. The molecule has 0 unspecified atom stereocenters. The zero-order chi connectivity index (χ0) is 17.1. The van der Waals surface area contributed by atoms with E-state index in [0.717, 1.165) is 36.8 Å². The van der Waals surface area contributed by atoms with Gasteiger partial charge in [0.1, 0.15) is 5.82 Å². The summed E-state index contributed by atoms with van der Waals surface area (Å²) in [5.41, 5.74) is 3.38. The van der Waals surface area contributed by atoms with Gasteiger partial charge in [-0.15, -0.1) is 0 Å². The van der Waals surface area contributed by atoms with E-state index in [2.05, 4.69) is 56.7 Å². The van der Waals surface area contributed by atoms with Crippen LogP contribution in [0, 0.1) is 6.92 Å². The number of anilines is 1. The molecule has 0 aliphatic carbocycles. The molecule has 3 aromatic rings. The molecule has 25 heavy (non-hydrogen) atoms. The third-order valence-electron chi connectivity index (χ3n) is 5.00. The molecule has 1 N–H and O–H groups in total. The number of nitrogens with one attached hydrogen (secondary N) is 1. The Balaban J connectivity index is 1.36. The van der Waals surface area contributed by atoms with Gasteiger partial charge in [0, 0.05) is 37.5 Å². The average Bonchev–Trinajstić information content (AvgIpc) is 3.11. The molecule has 2 aromatic heterocycles. The lowest BCUT2D eigenvalue weighted by Gasteiger charge is -2.33. The summed E-state index contributed by atoms with van der Waals surface area (Å²) >= 11 is 0. The van der Waals surface area contributed by atoms with Crippen molar-refractivity contribution in [2.45, 2.75) is 25.7 Å². The number of benzene rings is 1. The number of nitrogens with zero attached hydrogens (tertiary/aromatic N) is 4. The molecule has 1 aliphatic rings. The van der Waals surface area contributed by atoms with Gasteiger partial charge in [-0.2, -0.15) is 9.61 Å². The van der Waals surface area contributed by atoms with Gasteiger partial charge in [-0.1, -0.05) is 30.3 Å². The number of likely N-dealkylation sites (tertiary alicyclic amines) is 1. The first-order valence-electron chi connectivity index (χ1n) is 9.12. The largest absolute Gasteiger partial charge is 0.369 e. The van der Waals surface area contributed by atoms with E-state index < -0.39 is 0 Å². The summed E-state index contributed by atoms with van der Waals surface area (Å²) in [4.78, 5) is 7.06. The molecule has 1 saturated heterocycles. The molecule has 3 heterocycles. The molecule has 1 atom stereocenters. The lowest BCUT2D eigenvalue weighted by molar-refractivity contribution is 0.215. The van der Waals surface area contributed by atoms with Crippen molar-refractivity contribution < 1.29 is 0 Å². The van der Waals surface area contributed by atoms with E-state index >= 15 is 0 Å². The quantitative estimate of drug-likeness (QED) is 0.777. The Morgan fingerprint density at radius 2 is 2.08 bits per heavy atom. The predicted molar refractivity (Wildman–Crippen MR) is 101 cm³/mol. The smallest absolute Gasteiger partial charge is 0.157 e. The zero-order valence-corrected chi connectivity index (χ0v) is 14.7. The van der Waals surface area contributed by atoms with Crippen LogP contribution in [-0.2, 0) is 0 Å². The Kier molecular flexibility index (Phi) is 4.65. The van der Waals surface area contributed by atoms with Gasteiger partial charge < -0.3 is 10.2 Å². The topological polar surface area (TPSA) is 45.5 Å². The van der Waals surface area contributed by atoms with Crippen LogP contribution in [0.2, 0.25) is 0 Å². The van der Waals surface area contributed by atoms with Gasteiger partial charge in [0.25, 0.3) is 0 Å². The summed E-state index contributed by atoms with van der Waals surface area (Å²) in [7, 11) is 0. The van der Waals surface area contributed by atoms with Crippen LogP contribution in [-0.4, -0.2) is 45.7 Å². The van der Waals surface area contributed by atoms with Gasteiger partial charge in [-0.3, -0.25) is 0 Å². The highest BCUT2D eigenvalue weighted by molar-refractivity contribution is 5.48. The van der Waals surface area contributed by atoms with Crippen LogP contribution in [0.15, 0.2) is 48.7 Å². The van der Waals surface area contributed by atoms with E-state index in [9.17, 15) is 0 Å². The summed E-state index contributed by atoms with van der Waals surface area (Å²) in [6.45, 7) is 6.33. The number of hydrogen-bond donors (Lipinski definition) is 1. The SMILES string of the molecule is Cc1cc(NCCN2CCC[C@H](c3ccccc3)C2)n2nccc2n1. The molecule has 1 aliphatic heterocycles. The van der Waals surface area contributed by atoms with Crippen molar-refractivity contribution in [2.24, 2.45) is 0 Å². The van der Waals surface area contributed by atoms with Crippen molar-refractivity contribution in [3.8, 4) is 0 Å². The van der Waals surface area contributed by atoms with Crippen molar-refractivity contribution in [2.75, 3.05) is 31.5 Å². The Bertz CT molecular complexity index is 826. The Morgan fingerprint density at radius 3 is 2.96 bits per heavy atom. The fourth-order valence-corrected chi connectivity index (χ4v) is 3.76. The van der Waals surface area contributed by atoms with Crippen LogP contribution in [0.3, 0.4) is 0 Å². The third kappa shape index (κ3) is 3.66. The van der Waals surface area contributed by atoms with Crippen LogP contribution in [0.5, 0.6) is 0 Å². The number of rotatable bonds is 5. The molecular formula is C20H25N5. The van der Waals surface area contributed by atoms with Crippen LogP contribution >= 0.6 is 0 Å². The molecular weight excluding hydrogens is 310 g/mol. The molecule has 0 bridgehead atoms. The van der Waals surface area contributed by atoms with Crippen LogP contribution in [0.1, 0.15) is 30.0 Å². The third-order valence-corrected chi connectivity index (χ3v) is 5.00. The molecule has 5 heteroatoms. The number of aryl methyl sites for hydroxylation is 1. The van der Waals surface area contributed by atoms with E-state index in [1.807, 2.05) is 17.5 Å². The Morgan fingerprint density at radius 1 is 1.20 bits per heavy atom. The average molecular weight is 335 g/mol. The molecule has 0 saturated carbocycles. The van der Waals surface area contributed by atoms with Gasteiger partial charge in [0.05, 0.1) is 6.20 Å². The highest BCUT2D eigenvalue weighted by Gasteiger charge is 2.20. The molecule has 0 amide bonds. The molecule has 4 rings (SSSR count). The second kappa shape index (κ2) is 7.23. The zero-order valence-electron chi connectivity index (χ0n) is 14.7. The van der Waals surface area contributed by atoms with E-state index in [0.29, 0.717) is 5.92 Å². The van der Waals surface area contributed by atoms with Gasteiger partial charge in [0.15, 0.2) is 5.65 Å². The van der Waals surface area contributed by atoms with Crippen molar-refractivity contribution in [1.82, 2.24) is 19.5 Å². The number of aromatic nitrogens is 3. The lowest BCUT2D eigenvalue weighted by Crippen LogP contribution is -2.37. The second-order valence-corrected chi connectivity index (χ2v) is 6.86. The fourth-order valence-electron chi connectivity index (χ4n) is 3.76. The summed E-state index contributed by atoms with van der Waals surface area (Å²) in [6, 6.07) is 14.9. The van der Waals surface area contributed by atoms with Crippen molar-refractivity contribution in [3.63, 3.8) is 0 Å². The fraction of sp³-hybridized carbons (Fsp3) is 0.400. The van der Waals surface area contributed by atoms with Gasteiger partial charge in [-0.25, -0.2) is 4.98 Å².